The van der Waals surface area contributed by atoms with Gasteiger partial charge in [0.15, 0.2) is 0 Å². The van der Waals surface area contributed by atoms with Crippen molar-refractivity contribution in [3.63, 3.8) is 0 Å². The fourth-order valence-corrected chi connectivity index (χ4v) is 4.18. The molecule has 9 nitrogen and oxygen atoms in total. The summed E-state index contributed by atoms with van der Waals surface area (Å²) in [5, 5.41) is 23.3. The topological polar surface area (TPSA) is 101 Å². The number of tetrazole rings is 1. The first-order chi connectivity index (χ1) is 15.6. The number of hydrogen-bond acceptors (Lipinski definition) is 8. The van der Waals surface area contributed by atoms with E-state index in [1.54, 1.807) is 16.8 Å². The zero-order valence-corrected chi connectivity index (χ0v) is 17.8. The molecule has 2 aromatic heterocycles. The molecule has 0 spiro atoms. The summed E-state index contributed by atoms with van der Waals surface area (Å²) < 4.78 is 7.08. The van der Waals surface area contributed by atoms with E-state index in [1.165, 1.54) is 0 Å². The van der Waals surface area contributed by atoms with Gasteiger partial charge in [0.25, 0.3) is 0 Å². The Kier molecular flexibility index (Phi) is 5.32. The summed E-state index contributed by atoms with van der Waals surface area (Å²) in [7, 11) is 0. The molecule has 0 bridgehead atoms. The van der Waals surface area contributed by atoms with Crippen molar-refractivity contribution in [1.82, 2.24) is 25.1 Å². The van der Waals surface area contributed by atoms with E-state index in [2.05, 4.69) is 25.3 Å². The number of fused-ring (bicyclic) bond motifs is 1. The number of nitrogens with zero attached hydrogens (tertiary/aromatic N) is 6. The van der Waals surface area contributed by atoms with Crippen molar-refractivity contribution in [3.05, 3.63) is 70.1 Å². The molecular weight excluding hydrogens is 408 g/mol. The molecule has 0 radical (unpaired) electrons. The van der Waals surface area contributed by atoms with E-state index in [0.717, 1.165) is 54.3 Å². The molecule has 0 unspecified atom stereocenters. The highest BCUT2D eigenvalue weighted by Crippen LogP contribution is 2.28. The van der Waals surface area contributed by atoms with E-state index in [1.807, 2.05) is 43.3 Å². The third kappa shape index (κ3) is 3.82. The van der Waals surface area contributed by atoms with Crippen molar-refractivity contribution in [2.24, 2.45) is 0 Å². The predicted molar refractivity (Wildman–Crippen MR) is 120 cm³/mol. The molecular formula is C23H24N6O3. The van der Waals surface area contributed by atoms with Gasteiger partial charge in [-0.2, -0.15) is 4.68 Å². The highest BCUT2D eigenvalue weighted by atomic mass is 16.4. The molecule has 0 aliphatic carbocycles. The maximum Gasteiger partial charge on any atom is 0.336 e. The van der Waals surface area contributed by atoms with E-state index >= 15 is 0 Å². The van der Waals surface area contributed by atoms with Crippen molar-refractivity contribution >= 4 is 16.9 Å². The third-order valence-corrected chi connectivity index (χ3v) is 5.91. The SMILES string of the molecule is CCc1cc2c(CN3CCN(c4nnnn4-c4ccccc4)CC3)cc(=O)oc2cc1O. The lowest BCUT2D eigenvalue weighted by atomic mass is 10.0. The average Bonchev–Trinajstić information content (AvgIpc) is 3.30. The molecule has 1 N–H and O–H groups in total. The fourth-order valence-electron chi connectivity index (χ4n) is 4.18. The number of aryl methyl sites for hydroxylation is 1. The van der Waals surface area contributed by atoms with E-state index in [-0.39, 0.29) is 5.75 Å². The zero-order chi connectivity index (χ0) is 22.1. The highest BCUT2D eigenvalue weighted by molar-refractivity contribution is 5.82. The summed E-state index contributed by atoms with van der Waals surface area (Å²) in [5.74, 6) is 0.884. The number of anilines is 1. The second kappa shape index (κ2) is 8.43. The summed E-state index contributed by atoms with van der Waals surface area (Å²) in [6.45, 7) is 5.78. The number of hydrogen-bond donors (Lipinski definition) is 1. The van der Waals surface area contributed by atoms with Crippen molar-refractivity contribution in [3.8, 4) is 11.4 Å². The van der Waals surface area contributed by atoms with Gasteiger partial charge in [-0.05, 0) is 46.2 Å². The minimum atomic E-state index is -0.406. The molecule has 1 aliphatic heterocycles. The lowest BCUT2D eigenvalue weighted by Crippen LogP contribution is -2.47. The quantitative estimate of drug-likeness (QED) is 0.480. The van der Waals surface area contributed by atoms with Crippen LogP contribution in [0.2, 0.25) is 0 Å². The smallest absolute Gasteiger partial charge is 0.336 e. The van der Waals surface area contributed by atoms with Gasteiger partial charge in [0.1, 0.15) is 11.3 Å². The molecule has 0 atom stereocenters. The van der Waals surface area contributed by atoms with Crippen LogP contribution in [0.1, 0.15) is 18.1 Å². The van der Waals surface area contributed by atoms with Gasteiger partial charge in [-0.15, -0.1) is 0 Å². The Morgan fingerprint density at radius 3 is 2.56 bits per heavy atom. The van der Waals surface area contributed by atoms with E-state index in [4.69, 9.17) is 4.42 Å². The van der Waals surface area contributed by atoms with Crippen molar-refractivity contribution in [2.75, 3.05) is 31.1 Å². The second-order valence-corrected chi connectivity index (χ2v) is 7.91. The third-order valence-electron chi connectivity index (χ3n) is 5.91. The molecule has 0 amide bonds. The molecule has 2 aromatic carbocycles. The van der Waals surface area contributed by atoms with E-state index < -0.39 is 5.63 Å². The van der Waals surface area contributed by atoms with Crippen LogP contribution in [0.5, 0.6) is 5.75 Å². The fraction of sp³-hybridized carbons (Fsp3) is 0.304. The minimum absolute atomic E-state index is 0.157. The van der Waals surface area contributed by atoms with Gasteiger partial charge in [0.2, 0.25) is 5.95 Å². The second-order valence-electron chi connectivity index (χ2n) is 7.91. The Bertz CT molecular complexity index is 1290. The van der Waals surface area contributed by atoms with Gasteiger partial charge in [0, 0.05) is 50.2 Å². The van der Waals surface area contributed by atoms with E-state index in [9.17, 15) is 9.90 Å². The van der Waals surface area contributed by atoms with Crippen molar-refractivity contribution in [2.45, 2.75) is 19.9 Å². The van der Waals surface area contributed by atoms with Crippen LogP contribution in [0.15, 0.2) is 57.7 Å². The van der Waals surface area contributed by atoms with Gasteiger partial charge in [0.05, 0.1) is 5.69 Å². The number of aromatic hydroxyl groups is 1. The van der Waals surface area contributed by atoms with Crippen LogP contribution in [0.4, 0.5) is 5.95 Å². The van der Waals surface area contributed by atoms with Crippen LogP contribution in [0.3, 0.4) is 0 Å². The van der Waals surface area contributed by atoms with Crippen molar-refractivity contribution < 1.29 is 9.52 Å². The molecule has 1 aliphatic rings. The van der Waals surface area contributed by atoms with Gasteiger partial charge >= 0.3 is 5.63 Å². The Labute approximate surface area is 184 Å². The largest absolute Gasteiger partial charge is 0.508 e. The Hall–Kier alpha value is -3.72. The summed E-state index contributed by atoms with van der Waals surface area (Å²) in [6.07, 6.45) is 0.704. The molecule has 1 saturated heterocycles. The first-order valence-corrected chi connectivity index (χ1v) is 10.7. The lowest BCUT2D eigenvalue weighted by molar-refractivity contribution is 0.248. The summed E-state index contributed by atoms with van der Waals surface area (Å²) in [5.41, 5.74) is 2.69. The molecule has 5 rings (SSSR count). The van der Waals surface area contributed by atoms with Crippen LogP contribution < -0.4 is 10.5 Å². The molecule has 3 heterocycles. The highest BCUT2D eigenvalue weighted by Gasteiger charge is 2.23. The number of phenolic OH excluding ortho intramolecular Hbond substituents is 1. The normalized spacial score (nSPS) is 14.8. The summed E-state index contributed by atoms with van der Waals surface area (Å²) in [6, 6.07) is 14.9. The van der Waals surface area contributed by atoms with Gasteiger partial charge in [-0.25, -0.2) is 4.79 Å². The molecule has 0 saturated carbocycles. The Morgan fingerprint density at radius 2 is 1.81 bits per heavy atom. The average molecular weight is 432 g/mol. The zero-order valence-electron chi connectivity index (χ0n) is 17.8. The number of phenols is 1. The van der Waals surface area contributed by atoms with Crippen LogP contribution >= 0.6 is 0 Å². The standard InChI is InChI=1S/C23H24N6O3/c1-2-16-12-19-17(13-22(31)32-21(19)14-20(16)30)15-27-8-10-28(11-9-27)23-24-25-26-29(23)18-6-4-3-5-7-18/h3-7,12-14,30H,2,8-11,15H2,1H3. The first-order valence-electron chi connectivity index (χ1n) is 10.7. The molecule has 1 fully saturated rings. The summed E-state index contributed by atoms with van der Waals surface area (Å²) >= 11 is 0. The summed E-state index contributed by atoms with van der Waals surface area (Å²) in [4.78, 5) is 16.6. The number of benzene rings is 2. The van der Waals surface area contributed by atoms with Gasteiger partial charge in [-0.1, -0.05) is 30.2 Å². The maximum atomic E-state index is 12.1. The van der Waals surface area contributed by atoms with Crippen LogP contribution in [0.25, 0.3) is 16.7 Å². The van der Waals surface area contributed by atoms with Crippen LogP contribution in [0, 0.1) is 0 Å². The Balaban J connectivity index is 1.34. The monoisotopic (exact) mass is 432 g/mol. The number of aromatic nitrogens is 4. The molecule has 9 heteroatoms. The first kappa shape index (κ1) is 20.2. The molecule has 4 aromatic rings. The number of rotatable bonds is 5. The predicted octanol–water partition coefficient (Wildman–Crippen LogP) is 2.36. The Morgan fingerprint density at radius 1 is 1.03 bits per heavy atom. The van der Waals surface area contributed by atoms with E-state index in [0.29, 0.717) is 18.5 Å². The maximum absolute atomic E-state index is 12.1. The van der Waals surface area contributed by atoms with Gasteiger partial charge in [-0.3, -0.25) is 4.90 Å². The van der Waals surface area contributed by atoms with Crippen LogP contribution in [-0.2, 0) is 13.0 Å². The lowest BCUT2D eigenvalue weighted by Gasteiger charge is -2.34. The van der Waals surface area contributed by atoms with Gasteiger partial charge < -0.3 is 14.4 Å². The molecule has 32 heavy (non-hydrogen) atoms. The number of para-hydroxylation sites is 1. The minimum Gasteiger partial charge on any atom is -0.508 e. The molecule has 164 valence electrons. The van der Waals surface area contributed by atoms with Crippen LogP contribution in [-0.4, -0.2) is 56.4 Å². The van der Waals surface area contributed by atoms with Crippen molar-refractivity contribution in [1.29, 1.82) is 0 Å². The number of piperazine rings is 1.